The molecule has 1 aromatic carbocycles. The van der Waals surface area contributed by atoms with E-state index >= 15 is 0 Å². The number of ether oxygens (including phenoxy) is 3. The van der Waals surface area contributed by atoms with Crippen molar-refractivity contribution in [3.05, 3.63) is 71.0 Å². The van der Waals surface area contributed by atoms with Crippen molar-refractivity contribution in [3.63, 3.8) is 0 Å². The zero-order valence-electron chi connectivity index (χ0n) is 26.0. The first kappa shape index (κ1) is 29.9. The van der Waals surface area contributed by atoms with E-state index in [1.165, 1.54) is 0 Å². The Morgan fingerprint density at radius 1 is 1.09 bits per heavy atom. The zero-order chi connectivity index (χ0) is 31.2. The van der Waals surface area contributed by atoms with Gasteiger partial charge < -0.3 is 29.1 Å². The molecule has 1 saturated heterocycles. The molecule has 10 nitrogen and oxygen atoms in total. The Labute approximate surface area is 258 Å². The van der Waals surface area contributed by atoms with Crippen LogP contribution in [0.4, 0.5) is 10.6 Å². The average Bonchev–Trinajstić information content (AvgIpc) is 3.63. The molecular formula is C34H40N4O6. The van der Waals surface area contributed by atoms with Crippen molar-refractivity contribution in [1.82, 2.24) is 14.9 Å². The van der Waals surface area contributed by atoms with Crippen LogP contribution in [0.3, 0.4) is 0 Å². The fourth-order valence-electron chi connectivity index (χ4n) is 6.63. The third-order valence-corrected chi connectivity index (χ3v) is 8.90. The van der Waals surface area contributed by atoms with Crippen LogP contribution >= 0.6 is 0 Å². The lowest BCUT2D eigenvalue weighted by Crippen LogP contribution is -2.43. The average molecular weight is 601 g/mol. The first-order valence-corrected chi connectivity index (χ1v) is 15.1. The molecular weight excluding hydrogens is 560 g/mol. The molecule has 0 bridgehead atoms. The van der Waals surface area contributed by atoms with Gasteiger partial charge >= 0.3 is 12.1 Å². The highest BCUT2D eigenvalue weighted by atomic mass is 16.6. The molecule has 232 valence electrons. The van der Waals surface area contributed by atoms with Crippen molar-refractivity contribution in [3.8, 4) is 17.0 Å². The standard InChI is InChI=1S/C34H40N4O6/c1-21-8-6-9-25(27-10-7-11-29(36-27)38-18-23-16-34(23,31(39)40)28(38)20-42-5)30(21)43-19-24-13-12-22-17-37(15-14-26(22)35-24)32(41)44-33(2,3)4/h6-13,23,28H,14-20H2,1-5H3,(H,39,40)/t23?,28-,34-/m1/s1. The summed E-state index contributed by atoms with van der Waals surface area (Å²) >= 11 is 0. The predicted molar refractivity (Wildman–Crippen MR) is 165 cm³/mol. The van der Waals surface area contributed by atoms with Crippen molar-refractivity contribution in [1.29, 1.82) is 0 Å². The van der Waals surface area contributed by atoms with Gasteiger partial charge in [0.15, 0.2) is 0 Å². The number of fused-ring (bicyclic) bond motifs is 2. The van der Waals surface area contributed by atoms with E-state index in [-0.39, 0.29) is 24.7 Å². The van der Waals surface area contributed by atoms with E-state index in [1.54, 1.807) is 12.0 Å². The van der Waals surface area contributed by atoms with Crippen LogP contribution in [-0.4, -0.2) is 70.5 Å². The summed E-state index contributed by atoms with van der Waals surface area (Å²) in [5.74, 6) is 0.816. The number of para-hydroxylation sites is 1. The largest absolute Gasteiger partial charge is 0.486 e. The highest BCUT2D eigenvalue weighted by Gasteiger charge is 2.71. The second-order valence-corrected chi connectivity index (χ2v) is 13.1. The Morgan fingerprint density at radius 3 is 2.64 bits per heavy atom. The van der Waals surface area contributed by atoms with Crippen molar-refractivity contribution >= 4 is 17.9 Å². The van der Waals surface area contributed by atoms with E-state index in [9.17, 15) is 14.7 Å². The smallest absolute Gasteiger partial charge is 0.410 e. The molecule has 1 amide bonds. The summed E-state index contributed by atoms with van der Waals surface area (Å²) in [7, 11) is 1.61. The van der Waals surface area contributed by atoms with E-state index < -0.39 is 17.0 Å². The molecule has 6 rings (SSSR count). The number of hydrogen-bond acceptors (Lipinski definition) is 8. The molecule has 3 aromatic rings. The van der Waals surface area contributed by atoms with Crippen molar-refractivity contribution in [2.75, 3.05) is 31.7 Å². The molecule has 10 heteroatoms. The molecule has 2 aliphatic heterocycles. The molecule has 2 aromatic heterocycles. The van der Waals surface area contributed by atoms with E-state index in [4.69, 9.17) is 24.2 Å². The second kappa shape index (κ2) is 11.4. The molecule has 3 atom stereocenters. The number of aromatic nitrogens is 2. The fraction of sp³-hybridized carbons (Fsp3) is 0.471. The number of methoxy groups -OCH3 is 1. The molecule has 0 radical (unpaired) electrons. The van der Waals surface area contributed by atoms with E-state index in [0.29, 0.717) is 39.1 Å². The van der Waals surface area contributed by atoms with Crippen molar-refractivity contribution in [2.45, 2.75) is 65.3 Å². The number of benzene rings is 1. The fourth-order valence-corrected chi connectivity index (χ4v) is 6.63. The summed E-state index contributed by atoms with van der Waals surface area (Å²) in [6, 6.07) is 15.5. The summed E-state index contributed by atoms with van der Waals surface area (Å²) in [6.45, 7) is 9.90. The second-order valence-electron chi connectivity index (χ2n) is 13.1. The normalized spacial score (nSPS) is 22.3. The number of carboxylic acids is 1. The topological polar surface area (TPSA) is 114 Å². The minimum Gasteiger partial charge on any atom is -0.486 e. The summed E-state index contributed by atoms with van der Waals surface area (Å²) in [5, 5.41) is 10.0. The van der Waals surface area contributed by atoms with Crippen LogP contribution in [0.1, 0.15) is 49.7 Å². The maximum Gasteiger partial charge on any atom is 0.410 e. The number of piperidine rings is 1. The monoisotopic (exact) mass is 600 g/mol. The van der Waals surface area contributed by atoms with Crippen LogP contribution in [0.2, 0.25) is 0 Å². The van der Waals surface area contributed by atoms with E-state index in [0.717, 1.165) is 45.3 Å². The summed E-state index contributed by atoms with van der Waals surface area (Å²) in [6.07, 6.45) is 1.03. The van der Waals surface area contributed by atoms with Crippen molar-refractivity contribution in [2.24, 2.45) is 11.3 Å². The van der Waals surface area contributed by atoms with Crippen LogP contribution < -0.4 is 9.64 Å². The van der Waals surface area contributed by atoms with Crippen LogP contribution in [0.15, 0.2) is 48.5 Å². The predicted octanol–water partition coefficient (Wildman–Crippen LogP) is 5.25. The SMILES string of the molecule is COC[C@H]1N(c2cccc(-c3cccc(C)c3OCc3ccc4c(n3)CCN(C(=O)OC(C)(C)C)C4)n2)CC2C[C@@]21C(=O)O. The Bertz CT molecular complexity index is 1590. The highest BCUT2D eigenvalue weighted by Crippen LogP contribution is 2.62. The number of rotatable bonds is 8. The molecule has 2 fully saturated rings. The Kier molecular flexibility index (Phi) is 7.73. The summed E-state index contributed by atoms with van der Waals surface area (Å²) < 4.78 is 17.4. The number of nitrogens with zero attached hydrogens (tertiary/aromatic N) is 4. The quantitative estimate of drug-likeness (QED) is 0.370. The lowest BCUT2D eigenvalue weighted by molar-refractivity contribution is -0.144. The van der Waals surface area contributed by atoms with Crippen molar-refractivity contribution < 1.29 is 28.9 Å². The lowest BCUT2D eigenvalue weighted by Gasteiger charge is -2.31. The van der Waals surface area contributed by atoms with E-state index in [1.807, 2.05) is 76.2 Å². The van der Waals surface area contributed by atoms with Gasteiger partial charge in [0, 0.05) is 37.9 Å². The molecule has 1 saturated carbocycles. The van der Waals surface area contributed by atoms with Gasteiger partial charge in [0.2, 0.25) is 0 Å². The number of anilines is 1. The first-order chi connectivity index (χ1) is 21.0. The Balaban J connectivity index is 1.19. The van der Waals surface area contributed by atoms with Crippen LogP contribution in [-0.2, 0) is 33.8 Å². The van der Waals surface area contributed by atoms with Crippen LogP contribution in [0.5, 0.6) is 5.75 Å². The number of hydrogen-bond donors (Lipinski definition) is 1. The van der Waals surface area contributed by atoms with E-state index in [2.05, 4.69) is 4.90 Å². The van der Waals surface area contributed by atoms with Gasteiger partial charge in [0.05, 0.1) is 36.0 Å². The molecule has 1 unspecified atom stereocenters. The highest BCUT2D eigenvalue weighted by molar-refractivity contribution is 5.82. The number of carbonyl (C=O) groups is 2. The van der Waals surface area contributed by atoms with Gasteiger partial charge in [-0.3, -0.25) is 9.78 Å². The number of pyridine rings is 2. The lowest BCUT2D eigenvalue weighted by atomic mass is 9.97. The number of aryl methyl sites for hydroxylation is 1. The molecule has 0 spiro atoms. The molecule has 44 heavy (non-hydrogen) atoms. The molecule has 1 aliphatic carbocycles. The van der Waals surface area contributed by atoms with Gasteiger partial charge in [-0.1, -0.05) is 24.3 Å². The number of carboxylic acid groups (broad SMARTS) is 1. The Hall–Kier alpha value is -4.18. The third-order valence-electron chi connectivity index (χ3n) is 8.90. The zero-order valence-corrected chi connectivity index (χ0v) is 26.0. The van der Waals surface area contributed by atoms with Gasteiger partial charge in [-0.2, -0.15) is 0 Å². The van der Waals surface area contributed by atoms with Gasteiger partial charge in [-0.05, 0) is 75.4 Å². The molecule has 3 aliphatic rings. The van der Waals surface area contributed by atoms with Gasteiger partial charge in [-0.15, -0.1) is 0 Å². The molecule has 4 heterocycles. The summed E-state index contributed by atoms with van der Waals surface area (Å²) in [5.41, 5.74) is 4.08. The maximum atomic E-state index is 12.6. The van der Waals surface area contributed by atoms with Crippen LogP contribution in [0.25, 0.3) is 11.3 Å². The number of amides is 1. The molecule has 1 N–H and O–H groups in total. The maximum absolute atomic E-state index is 12.6. The van der Waals surface area contributed by atoms with Gasteiger partial charge in [-0.25, -0.2) is 9.78 Å². The Morgan fingerprint density at radius 2 is 1.89 bits per heavy atom. The number of aliphatic carboxylic acids is 1. The van der Waals surface area contributed by atoms with Crippen LogP contribution in [0, 0.1) is 18.3 Å². The third kappa shape index (κ3) is 5.58. The van der Waals surface area contributed by atoms with Gasteiger partial charge in [0.1, 0.15) is 23.8 Å². The summed E-state index contributed by atoms with van der Waals surface area (Å²) in [4.78, 5) is 38.4. The van der Waals surface area contributed by atoms with Gasteiger partial charge in [0.25, 0.3) is 0 Å². The first-order valence-electron chi connectivity index (χ1n) is 15.1. The number of carbonyl (C=O) groups excluding carboxylic acids is 1. The minimum atomic E-state index is -0.763. The minimum absolute atomic E-state index is 0.105.